The standard InChI is InChI=1S/C13H25N3O3/c1-10(2)19-6-5-18-9-12(17)7-14-13-8-16(4)15-11(13)3/h8,10,12,14,17H,5-7,9H2,1-4H3. The van der Waals surface area contributed by atoms with Crippen LogP contribution in [0.25, 0.3) is 0 Å². The maximum atomic E-state index is 9.76. The number of hydrogen-bond donors (Lipinski definition) is 2. The molecule has 1 aromatic rings. The fourth-order valence-electron chi connectivity index (χ4n) is 1.62. The van der Waals surface area contributed by atoms with Crippen LogP contribution in [0.2, 0.25) is 0 Å². The lowest BCUT2D eigenvalue weighted by Crippen LogP contribution is -2.26. The van der Waals surface area contributed by atoms with Crippen molar-refractivity contribution in [2.24, 2.45) is 7.05 Å². The molecule has 0 saturated heterocycles. The van der Waals surface area contributed by atoms with E-state index in [2.05, 4.69) is 10.4 Å². The van der Waals surface area contributed by atoms with Crippen LogP contribution in [0.15, 0.2) is 6.20 Å². The summed E-state index contributed by atoms with van der Waals surface area (Å²) >= 11 is 0. The lowest BCUT2D eigenvalue weighted by atomic mass is 10.3. The molecule has 1 atom stereocenters. The maximum absolute atomic E-state index is 9.76. The normalized spacial score (nSPS) is 12.9. The molecule has 0 aliphatic heterocycles. The summed E-state index contributed by atoms with van der Waals surface area (Å²) in [5.41, 5.74) is 1.85. The Morgan fingerprint density at radius 3 is 2.74 bits per heavy atom. The average Bonchev–Trinajstić information content (AvgIpc) is 2.64. The van der Waals surface area contributed by atoms with E-state index in [9.17, 15) is 5.11 Å². The zero-order chi connectivity index (χ0) is 14.3. The van der Waals surface area contributed by atoms with Crippen LogP contribution in [0.5, 0.6) is 0 Å². The highest BCUT2D eigenvalue weighted by molar-refractivity contribution is 5.45. The maximum Gasteiger partial charge on any atom is 0.0945 e. The predicted octanol–water partition coefficient (Wildman–Crippen LogP) is 0.943. The smallest absolute Gasteiger partial charge is 0.0945 e. The number of aliphatic hydroxyl groups excluding tert-OH is 1. The molecule has 0 bridgehead atoms. The fourth-order valence-corrected chi connectivity index (χ4v) is 1.62. The van der Waals surface area contributed by atoms with Gasteiger partial charge in [0.05, 0.1) is 43.4 Å². The van der Waals surface area contributed by atoms with E-state index >= 15 is 0 Å². The van der Waals surface area contributed by atoms with E-state index in [0.717, 1.165) is 11.4 Å². The predicted molar refractivity (Wildman–Crippen MR) is 74.3 cm³/mol. The van der Waals surface area contributed by atoms with Gasteiger partial charge in [0.2, 0.25) is 0 Å². The SMILES string of the molecule is Cc1nn(C)cc1NCC(O)COCCOC(C)C. The minimum atomic E-state index is -0.543. The van der Waals surface area contributed by atoms with E-state index in [1.807, 2.05) is 34.0 Å². The third kappa shape index (κ3) is 6.56. The van der Waals surface area contributed by atoms with E-state index in [1.165, 1.54) is 0 Å². The highest BCUT2D eigenvalue weighted by atomic mass is 16.5. The Bertz CT molecular complexity index is 366. The zero-order valence-electron chi connectivity index (χ0n) is 12.2. The summed E-state index contributed by atoms with van der Waals surface area (Å²) < 4.78 is 12.4. The molecule has 1 heterocycles. The summed E-state index contributed by atoms with van der Waals surface area (Å²) in [6.07, 6.45) is 1.56. The van der Waals surface area contributed by atoms with Gasteiger partial charge in [-0.3, -0.25) is 4.68 Å². The molecule has 0 aromatic carbocycles. The van der Waals surface area contributed by atoms with Crippen LogP contribution in [-0.4, -0.2) is 53.5 Å². The Kier molecular flexibility index (Phi) is 6.83. The summed E-state index contributed by atoms with van der Waals surface area (Å²) in [6, 6.07) is 0. The number of hydrogen-bond acceptors (Lipinski definition) is 5. The Labute approximate surface area is 114 Å². The van der Waals surface area contributed by atoms with Crippen LogP contribution in [-0.2, 0) is 16.5 Å². The molecule has 0 aliphatic rings. The van der Waals surface area contributed by atoms with Crippen LogP contribution in [0.1, 0.15) is 19.5 Å². The number of aryl methyl sites for hydroxylation is 2. The van der Waals surface area contributed by atoms with Gasteiger partial charge in [-0.2, -0.15) is 5.10 Å². The number of nitrogens with zero attached hydrogens (tertiary/aromatic N) is 2. The average molecular weight is 271 g/mol. The molecule has 1 unspecified atom stereocenters. The van der Waals surface area contributed by atoms with Crippen molar-refractivity contribution in [1.82, 2.24) is 9.78 Å². The van der Waals surface area contributed by atoms with Crippen molar-refractivity contribution in [3.05, 3.63) is 11.9 Å². The molecule has 0 fully saturated rings. The summed E-state index contributed by atoms with van der Waals surface area (Å²) in [4.78, 5) is 0. The lowest BCUT2D eigenvalue weighted by molar-refractivity contribution is -0.00734. The first-order valence-corrected chi connectivity index (χ1v) is 6.60. The number of rotatable bonds is 9. The van der Waals surface area contributed by atoms with Gasteiger partial charge in [0.15, 0.2) is 0 Å². The topological polar surface area (TPSA) is 68.5 Å². The van der Waals surface area contributed by atoms with Gasteiger partial charge in [0.25, 0.3) is 0 Å². The van der Waals surface area contributed by atoms with Crippen molar-refractivity contribution in [3.63, 3.8) is 0 Å². The minimum absolute atomic E-state index is 0.212. The lowest BCUT2D eigenvalue weighted by Gasteiger charge is -2.13. The molecule has 1 aromatic heterocycles. The van der Waals surface area contributed by atoms with Gasteiger partial charge in [-0.25, -0.2) is 0 Å². The van der Waals surface area contributed by atoms with Crippen molar-refractivity contribution >= 4 is 5.69 Å². The number of aromatic nitrogens is 2. The molecule has 0 saturated carbocycles. The van der Waals surface area contributed by atoms with Gasteiger partial charge >= 0.3 is 0 Å². The quantitative estimate of drug-likeness (QED) is 0.654. The summed E-state index contributed by atoms with van der Waals surface area (Å²) in [5, 5.41) is 17.1. The first-order chi connectivity index (χ1) is 8.99. The first-order valence-electron chi connectivity index (χ1n) is 6.60. The van der Waals surface area contributed by atoms with Gasteiger partial charge in [-0.05, 0) is 20.8 Å². The number of anilines is 1. The van der Waals surface area contributed by atoms with Crippen LogP contribution in [0, 0.1) is 6.92 Å². The van der Waals surface area contributed by atoms with E-state index in [-0.39, 0.29) is 6.10 Å². The Morgan fingerprint density at radius 2 is 2.16 bits per heavy atom. The number of ether oxygens (including phenoxy) is 2. The van der Waals surface area contributed by atoms with E-state index in [0.29, 0.717) is 26.4 Å². The van der Waals surface area contributed by atoms with E-state index in [1.54, 1.807) is 4.68 Å². The van der Waals surface area contributed by atoms with Crippen molar-refractivity contribution in [2.75, 3.05) is 31.7 Å². The first kappa shape index (κ1) is 15.9. The molecule has 2 N–H and O–H groups in total. The van der Waals surface area contributed by atoms with Gasteiger partial charge in [0, 0.05) is 19.8 Å². The minimum Gasteiger partial charge on any atom is -0.389 e. The van der Waals surface area contributed by atoms with Crippen molar-refractivity contribution in [2.45, 2.75) is 33.0 Å². The van der Waals surface area contributed by atoms with Crippen LogP contribution in [0.4, 0.5) is 5.69 Å². The van der Waals surface area contributed by atoms with Crippen LogP contribution < -0.4 is 5.32 Å². The number of aliphatic hydroxyl groups is 1. The zero-order valence-corrected chi connectivity index (χ0v) is 12.2. The molecular formula is C13H25N3O3. The molecule has 0 aliphatic carbocycles. The molecular weight excluding hydrogens is 246 g/mol. The summed E-state index contributed by atoms with van der Waals surface area (Å²) in [5.74, 6) is 0. The second-order valence-corrected chi connectivity index (χ2v) is 4.83. The molecule has 6 nitrogen and oxygen atoms in total. The Hall–Kier alpha value is -1.11. The second kappa shape index (κ2) is 8.14. The molecule has 0 amide bonds. The molecule has 1 rings (SSSR count). The summed E-state index contributed by atoms with van der Waals surface area (Å²) in [6.45, 7) is 7.69. The van der Waals surface area contributed by atoms with Gasteiger partial charge in [-0.1, -0.05) is 0 Å². The monoisotopic (exact) mass is 271 g/mol. The van der Waals surface area contributed by atoms with Crippen molar-refractivity contribution in [3.8, 4) is 0 Å². The number of nitrogens with one attached hydrogen (secondary N) is 1. The van der Waals surface area contributed by atoms with Crippen molar-refractivity contribution < 1.29 is 14.6 Å². The van der Waals surface area contributed by atoms with Crippen LogP contribution in [0.3, 0.4) is 0 Å². The molecule has 0 radical (unpaired) electrons. The van der Waals surface area contributed by atoms with Gasteiger partial charge in [0.1, 0.15) is 0 Å². The third-order valence-electron chi connectivity index (χ3n) is 2.53. The fraction of sp³-hybridized carbons (Fsp3) is 0.769. The molecule has 6 heteroatoms. The Morgan fingerprint density at radius 1 is 1.42 bits per heavy atom. The molecule has 19 heavy (non-hydrogen) atoms. The highest BCUT2D eigenvalue weighted by Gasteiger charge is 2.07. The van der Waals surface area contributed by atoms with Gasteiger partial charge in [-0.15, -0.1) is 0 Å². The van der Waals surface area contributed by atoms with Gasteiger partial charge < -0.3 is 19.9 Å². The Balaban J connectivity index is 2.11. The molecule has 0 spiro atoms. The molecule has 110 valence electrons. The second-order valence-electron chi connectivity index (χ2n) is 4.83. The third-order valence-corrected chi connectivity index (χ3v) is 2.53. The summed E-state index contributed by atoms with van der Waals surface area (Å²) in [7, 11) is 1.87. The van der Waals surface area contributed by atoms with E-state index in [4.69, 9.17) is 9.47 Å². The van der Waals surface area contributed by atoms with Crippen LogP contribution >= 0.6 is 0 Å². The largest absolute Gasteiger partial charge is 0.389 e. The highest BCUT2D eigenvalue weighted by Crippen LogP contribution is 2.10. The van der Waals surface area contributed by atoms with E-state index < -0.39 is 6.10 Å². The van der Waals surface area contributed by atoms with Crippen molar-refractivity contribution in [1.29, 1.82) is 0 Å².